The number of anilines is 1. The van der Waals surface area contributed by atoms with Crippen molar-refractivity contribution in [3.63, 3.8) is 0 Å². The summed E-state index contributed by atoms with van der Waals surface area (Å²) in [5.41, 5.74) is 0.948. The second kappa shape index (κ2) is 7.39. The van der Waals surface area contributed by atoms with Gasteiger partial charge in [0.15, 0.2) is 5.13 Å². The lowest BCUT2D eigenvalue weighted by atomic mass is 9.98. The van der Waals surface area contributed by atoms with Gasteiger partial charge < -0.3 is 19.9 Å². The maximum Gasteiger partial charge on any atom is 0.224 e. The molecule has 22 heavy (non-hydrogen) atoms. The number of rotatable bonds is 4. The van der Waals surface area contributed by atoms with E-state index in [1.165, 1.54) is 0 Å². The quantitative estimate of drug-likeness (QED) is 0.893. The summed E-state index contributed by atoms with van der Waals surface area (Å²) >= 11 is 1.64. The van der Waals surface area contributed by atoms with Crippen LogP contribution in [0.2, 0.25) is 0 Å². The van der Waals surface area contributed by atoms with Crippen molar-refractivity contribution in [3.05, 3.63) is 11.1 Å². The molecule has 2 fully saturated rings. The zero-order valence-corrected chi connectivity index (χ0v) is 13.9. The Balaban J connectivity index is 1.49. The lowest BCUT2D eigenvalue weighted by molar-refractivity contribution is -0.126. The van der Waals surface area contributed by atoms with E-state index in [9.17, 15) is 4.79 Å². The first-order chi connectivity index (χ1) is 10.7. The van der Waals surface area contributed by atoms with E-state index in [4.69, 9.17) is 4.74 Å². The Morgan fingerprint density at radius 2 is 2.27 bits per heavy atom. The summed E-state index contributed by atoms with van der Waals surface area (Å²) in [6.45, 7) is 5.81. The first-order valence-electron chi connectivity index (χ1n) is 7.96. The van der Waals surface area contributed by atoms with Crippen LogP contribution in [0.3, 0.4) is 0 Å². The van der Waals surface area contributed by atoms with Gasteiger partial charge in [0.05, 0.1) is 31.4 Å². The van der Waals surface area contributed by atoms with Crippen LogP contribution in [-0.4, -0.2) is 62.2 Å². The van der Waals surface area contributed by atoms with Gasteiger partial charge in [-0.1, -0.05) is 0 Å². The van der Waals surface area contributed by atoms with E-state index >= 15 is 0 Å². The van der Waals surface area contributed by atoms with Gasteiger partial charge in [0.2, 0.25) is 5.91 Å². The molecule has 3 rings (SSSR count). The van der Waals surface area contributed by atoms with Gasteiger partial charge in [0, 0.05) is 25.0 Å². The predicted octanol–water partition coefficient (Wildman–Crippen LogP) is 0.938. The standard InChI is InChI=1S/C15H24N4O2S/c1-18-4-2-3-12(10-18)14(20)16-9-13-11-22-15(17-13)19-5-7-21-8-6-19/h11-12H,2-10H2,1H3,(H,16,20)/t12-/m1/s1. The number of aromatic nitrogens is 1. The number of morpholine rings is 1. The van der Waals surface area contributed by atoms with Gasteiger partial charge in [-0.2, -0.15) is 0 Å². The molecule has 0 bridgehead atoms. The van der Waals surface area contributed by atoms with E-state index in [0.29, 0.717) is 6.54 Å². The summed E-state index contributed by atoms with van der Waals surface area (Å²) in [7, 11) is 2.08. The van der Waals surface area contributed by atoms with Crippen molar-refractivity contribution in [1.82, 2.24) is 15.2 Å². The number of likely N-dealkylation sites (tertiary alicyclic amines) is 1. The van der Waals surface area contributed by atoms with Crippen molar-refractivity contribution in [1.29, 1.82) is 0 Å². The smallest absolute Gasteiger partial charge is 0.224 e. The summed E-state index contributed by atoms with van der Waals surface area (Å²) in [5.74, 6) is 0.281. The third kappa shape index (κ3) is 3.97. The molecule has 1 amide bonds. The van der Waals surface area contributed by atoms with Crippen LogP contribution in [0.1, 0.15) is 18.5 Å². The Labute approximate surface area is 135 Å². The van der Waals surface area contributed by atoms with Crippen LogP contribution in [0.5, 0.6) is 0 Å². The van der Waals surface area contributed by atoms with Crippen molar-refractivity contribution in [2.75, 3.05) is 51.3 Å². The summed E-state index contributed by atoms with van der Waals surface area (Å²) < 4.78 is 5.36. The second-order valence-corrected chi connectivity index (χ2v) is 6.88. The SMILES string of the molecule is CN1CCC[C@@H](C(=O)NCc2csc(N3CCOCC3)n2)C1. The van der Waals surface area contributed by atoms with Gasteiger partial charge in [0.25, 0.3) is 0 Å². The fourth-order valence-electron chi connectivity index (χ4n) is 2.98. The molecule has 2 aliphatic rings. The molecule has 0 radical (unpaired) electrons. The minimum atomic E-state index is 0.121. The topological polar surface area (TPSA) is 57.7 Å². The third-order valence-electron chi connectivity index (χ3n) is 4.26. The summed E-state index contributed by atoms with van der Waals surface area (Å²) in [6, 6.07) is 0. The van der Waals surface area contributed by atoms with Gasteiger partial charge in [-0.15, -0.1) is 11.3 Å². The van der Waals surface area contributed by atoms with E-state index in [1.807, 2.05) is 5.38 Å². The Morgan fingerprint density at radius 3 is 3.05 bits per heavy atom. The van der Waals surface area contributed by atoms with Crippen LogP contribution in [-0.2, 0) is 16.1 Å². The Hall–Kier alpha value is -1.18. The van der Waals surface area contributed by atoms with E-state index in [-0.39, 0.29) is 11.8 Å². The number of amides is 1. The molecular formula is C15H24N4O2S. The van der Waals surface area contributed by atoms with Gasteiger partial charge in [-0.05, 0) is 26.4 Å². The zero-order valence-electron chi connectivity index (χ0n) is 13.1. The molecule has 0 saturated carbocycles. The van der Waals surface area contributed by atoms with Crippen LogP contribution in [0.4, 0.5) is 5.13 Å². The van der Waals surface area contributed by atoms with Crippen molar-refractivity contribution >= 4 is 22.4 Å². The lowest BCUT2D eigenvalue weighted by Crippen LogP contribution is -2.41. The molecule has 0 aromatic carbocycles. The maximum absolute atomic E-state index is 12.2. The molecule has 1 N–H and O–H groups in total. The van der Waals surface area contributed by atoms with Crippen LogP contribution < -0.4 is 10.2 Å². The van der Waals surface area contributed by atoms with Gasteiger partial charge in [-0.25, -0.2) is 4.98 Å². The van der Waals surface area contributed by atoms with Gasteiger partial charge in [-0.3, -0.25) is 4.79 Å². The number of carbonyl (C=O) groups is 1. The molecule has 2 saturated heterocycles. The first-order valence-corrected chi connectivity index (χ1v) is 8.83. The van der Waals surface area contributed by atoms with Crippen LogP contribution in [0, 0.1) is 5.92 Å². The van der Waals surface area contributed by atoms with Crippen molar-refractivity contribution in [2.24, 2.45) is 5.92 Å². The van der Waals surface area contributed by atoms with E-state index in [0.717, 1.165) is 63.1 Å². The van der Waals surface area contributed by atoms with Crippen LogP contribution in [0.15, 0.2) is 5.38 Å². The molecule has 1 atom stereocenters. The molecule has 6 nitrogen and oxygen atoms in total. The molecule has 122 valence electrons. The van der Waals surface area contributed by atoms with E-state index in [2.05, 4.69) is 27.1 Å². The highest BCUT2D eigenvalue weighted by molar-refractivity contribution is 7.13. The second-order valence-electron chi connectivity index (χ2n) is 6.04. The Bertz CT molecular complexity index is 501. The monoisotopic (exact) mass is 324 g/mol. The summed E-state index contributed by atoms with van der Waals surface area (Å²) in [6.07, 6.45) is 2.10. The number of nitrogens with one attached hydrogen (secondary N) is 1. The average Bonchev–Trinajstić information content (AvgIpc) is 3.02. The Kier molecular flexibility index (Phi) is 5.28. The largest absolute Gasteiger partial charge is 0.378 e. The fraction of sp³-hybridized carbons (Fsp3) is 0.733. The van der Waals surface area contributed by atoms with Crippen LogP contribution >= 0.6 is 11.3 Å². The molecule has 0 aliphatic carbocycles. The minimum Gasteiger partial charge on any atom is -0.378 e. The van der Waals surface area contributed by atoms with Crippen molar-refractivity contribution < 1.29 is 9.53 Å². The number of hydrogen-bond acceptors (Lipinski definition) is 6. The summed E-state index contributed by atoms with van der Waals surface area (Å²) in [4.78, 5) is 21.3. The highest BCUT2D eigenvalue weighted by Gasteiger charge is 2.23. The molecular weight excluding hydrogens is 300 g/mol. The molecule has 7 heteroatoms. The van der Waals surface area contributed by atoms with Gasteiger partial charge >= 0.3 is 0 Å². The fourth-order valence-corrected chi connectivity index (χ4v) is 3.86. The lowest BCUT2D eigenvalue weighted by Gasteiger charge is -2.28. The molecule has 0 unspecified atom stereocenters. The minimum absolute atomic E-state index is 0.121. The first kappa shape index (κ1) is 15.7. The molecule has 1 aromatic heterocycles. The number of piperidine rings is 1. The average molecular weight is 324 g/mol. The molecule has 0 spiro atoms. The number of thiazole rings is 1. The van der Waals surface area contributed by atoms with E-state index in [1.54, 1.807) is 11.3 Å². The predicted molar refractivity (Wildman–Crippen MR) is 87.2 cm³/mol. The number of ether oxygens (including phenoxy) is 1. The Morgan fingerprint density at radius 1 is 1.45 bits per heavy atom. The number of carbonyl (C=O) groups excluding carboxylic acids is 1. The number of nitrogens with zero attached hydrogens (tertiary/aromatic N) is 3. The molecule has 2 aliphatic heterocycles. The third-order valence-corrected chi connectivity index (χ3v) is 5.21. The summed E-state index contributed by atoms with van der Waals surface area (Å²) in [5, 5.41) is 6.11. The van der Waals surface area contributed by atoms with Crippen molar-refractivity contribution in [2.45, 2.75) is 19.4 Å². The van der Waals surface area contributed by atoms with Crippen LogP contribution in [0.25, 0.3) is 0 Å². The molecule has 1 aromatic rings. The molecule has 3 heterocycles. The zero-order chi connectivity index (χ0) is 15.4. The normalized spacial score (nSPS) is 23.5. The maximum atomic E-state index is 12.2. The van der Waals surface area contributed by atoms with Gasteiger partial charge in [0.1, 0.15) is 0 Å². The van der Waals surface area contributed by atoms with E-state index < -0.39 is 0 Å². The highest BCUT2D eigenvalue weighted by atomic mass is 32.1. The highest BCUT2D eigenvalue weighted by Crippen LogP contribution is 2.21. The number of hydrogen-bond donors (Lipinski definition) is 1. The van der Waals surface area contributed by atoms with Crippen molar-refractivity contribution in [3.8, 4) is 0 Å².